The average molecular weight is 408 g/mol. The molecule has 0 bridgehead atoms. The summed E-state index contributed by atoms with van der Waals surface area (Å²) in [5.41, 5.74) is -0.186. The second-order valence-electron chi connectivity index (χ2n) is 6.89. The van der Waals surface area contributed by atoms with Gasteiger partial charge in [0.25, 0.3) is 0 Å². The highest BCUT2D eigenvalue weighted by molar-refractivity contribution is 5.89. The van der Waals surface area contributed by atoms with Crippen LogP contribution in [0.1, 0.15) is 18.4 Å². The molecule has 1 N–H and O–H groups in total. The zero-order valence-electron chi connectivity index (χ0n) is 16.2. The maximum Gasteiger partial charge on any atom is 0.419 e. The van der Waals surface area contributed by atoms with Gasteiger partial charge in [-0.2, -0.15) is 13.2 Å². The Hall–Kier alpha value is -2.97. The molecule has 156 valence electrons. The van der Waals surface area contributed by atoms with Crippen molar-refractivity contribution in [2.45, 2.75) is 25.1 Å². The maximum absolute atomic E-state index is 13.3. The van der Waals surface area contributed by atoms with E-state index in [9.17, 15) is 18.0 Å². The number of halogens is 3. The lowest BCUT2D eigenvalue weighted by atomic mass is 10.0. The molecule has 2 aromatic rings. The Morgan fingerprint density at radius 2 is 2.10 bits per heavy atom. The molecule has 1 atom stereocenters. The van der Waals surface area contributed by atoms with Gasteiger partial charge in [0.1, 0.15) is 11.6 Å². The third-order valence-corrected chi connectivity index (χ3v) is 4.98. The zero-order chi connectivity index (χ0) is 21.0. The number of carbonyl (C=O) groups excluding carboxylic acids is 1. The highest BCUT2D eigenvalue weighted by Crippen LogP contribution is 2.36. The largest absolute Gasteiger partial charge is 0.497 e. The predicted octanol–water partition coefficient (Wildman–Crippen LogP) is 4.24. The van der Waals surface area contributed by atoms with E-state index < -0.39 is 11.7 Å². The summed E-state index contributed by atoms with van der Waals surface area (Å²) in [6.45, 7) is 0.842. The zero-order valence-corrected chi connectivity index (χ0v) is 16.2. The minimum atomic E-state index is -4.49. The van der Waals surface area contributed by atoms with Crippen LogP contribution < -0.4 is 15.0 Å². The van der Waals surface area contributed by atoms with Crippen LogP contribution >= 0.6 is 0 Å². The highest BCUT2D eigenvalue weighted by atomic mass is 19.4. The van der Waals surface area contributed by atoms with Gasteiger partial charge >= 0.3 is 12.2 Å². The monoisotopic (exact) mass is 408 g/mol. The van der Waals surface area contributed by atoms with Gasteiger partial charge in [0.05, 0.1) is 12.7 Å². The van der Waals surface area contributed by atoms with E-state index in [4.69, 9.17) is 4.74 Å². The van der Waals surface area contributed by atoms with Gasteiger partial charge in [0.2, 0.25) is 0 Å². The van der Waals surface area contributed by atoms with Gasteiger partial charge in [-0.25, -0.2) is 9.78 Å². The van der Waals surface area contributed by atoms with E-state index in [1.807, 2.05) is 0 Å². The van der Waals surface area contributed by atoms with E-state index in [0.29, 0.717) is 37.4 Å². The standard InChI is InChI=1S/C20H23F3N4O2/c1-26(18-17(20(21,22)23)9-4-10-24-18)15-7-5-11-27(13-15)19(28)25-14-6-3-8-16(12-14)29-2/h3-4,6,8-10,12,15H,5,7,11,13H2,1-2H3,(H,25,28). The predicted molar refractivity (Wildman–Crippen MR) is 104 cm³/mol. The summed E-state index contributed by atoms with van der Waals surface area (Å²) >= 11 is 0. The number of methoxy groups -OCH3 is 1. The molecule has 3 rings (SSSR count). The van der Waals surface area contributed by atoms with Gasteiger partial charge in [0.15, 0.2) is 0 Å². The molecule has 1 unspecified atom stereocenters. The molecule has 6 nitrogen and oxygen atoms in total. The van der Waals surface area contributed by atoms with Gasteiger partial charge in [-0.05, 0) is 37.1 Å². The van der Waals surface area contributed by atoms with Crippen molar-refractivity contribution in [3.05, 3.63) is 48.2 Å². The number of amides is 2. The van der Waals surface area contributed by atoms with Crippen molar-refractivity contribution in [3.63, 3.8) is 0 Å². The van der Waals surface area contributed by atoms with Crippen molar-refractivity contribution in [2.24, 2.45) is 0 Å². The van der Waals surface area contributed by atoms with Gasteiger partial charge in [0, 0.05) is 44.1 Å². The van der Waals surface area contributed by atoms with Crippen LogP contribution in [0.25, 0.3) is 0 Å². The van der Waals surface area contributed by atoms with Gasteiger partial charge in [-0.15, -0.1) is 0 Å². The number of rotatable bonds is 4. The summed E-state index contributed by atoms with van der Waals surface area (Å²) in [6.07, 6.45) is -1.78. The fourth-order valence-electron chi connectivity index (χ4n) is 3.43. The lowest BCUT2D eigenvalue weighted by molar-refractivity contribution is -0.137. The Balaban J connectivity index is 1.71. The van der Waals surface area contributed by atoms with Gasteiger partial charge < -0.3 is 19.9 Å². The van der Waals surface area contributed by atoms with E-state index in [1.165, 1.54) is 17.2 Å². The van der Waals surface area contributed by atoms with Gasteiger partial charge in [-0.3, -0.25) is 0 Å². The molecule has 1 saturated heterocycles. The fourth-order valence-corrected chi connectivity index (χ4v) is 3.43. The Bertz CT molecular complexity index is 860. The lowest BCUT2D eigenvalue weighted by Gasteiger charge is -2.38. The van der Waals surface area contributed by atoms with Crippen LogP contribution in [0, 0.1) is 0 Å². The molecule has 1 aliphatic rings. The molecule has 1 aromatic carbocycles. The van der Waals surface area contributed by atoms with E-state index in [1.54, 1.807) is 43.3 Å². The van der Waals surface area contributed by atoms with Crippen molar-refractivity contribution in [3.8, 4) is 5.75 Å². The topological polar surface area (TPSA) is 57.7 Å². The van der Waals surface area contributed by atoms with Crippen LogP contribution in [-0.2, 0) is 6.18 Å². The smallest absolute Gasteiger partial charge is 0.419 e. The number of ether oxygens (including phenoxy) is 1. The number of nitrogens with zero attached hydrogens (tertiary/aromatic N) is 3. The minimum absolute atomic E-state index is 0.125. The number of anilines is 2. The summed E-state index contributed by atoms with van der Waals surface area (Å²) in [6, 6.07) is 8.72. The average Bonchev–Trinajstić information content (AvgIpc) is 2.72. The molecule has 29 heavy (non-hydrogen) atoms. The third-order valence-electron chi connectivity index (χ3n) is 4.98. The molecule has 2 heterocycles. The molecule has 2 amide bonds. The lowest BCUT2D eigenvalue weighted by Crippen LogP contribution is -2.50. The van der Waals surface area contributed by atoms with Crippen LogP contribution in [0.3, 0.4) is 0 Å². The Kier molecular flexibility index (Phi) is 6.14. The van der Waals surface area contributed by atoms with Crippen LogP contribution in [0.2, 0.25) is 0 Å². The summed E-state index contributed by atoms with van der Waals surface area (Å²) in [4.78, 5) is 19.7. The van der Waals surface area contributed by atoms with Crippen LogP contribution in [0.5, 0.6) is 5.75 Å². The first-order valence-electron chi connectivity index (χ1n) is 9.24. The number of piperidine rings is 1. The number of hydrogen-bond donors (Lipinski definition) is 1. The van der Waals surface area contributed by atoms with E-state index in [0.717, 1.165) is 6.07 Å². The summed E-state index contributed by atoms with van der Waals surface area (Å²) in [7, 11) is 3.13. The SMILES string of the molecule is COc1cccc(NC(=O)N2CCCC(N(C)c3ncccc3C(F)(F)F)C2)c1. The molecule has 0 aliphatic carbocycles. The summed E-state index contributed by atoms with van der Waals surface area (Å²) in [5.74, 6) is 0.494. The molecular weight excluding hydrogens is 385 g/mol. The molecule has 1 aromatic heterocycles. The first kappa shape index (κ1) is 20.8. The van der Waals surface area contributed by atoms with E-state index in [-0.39, 0.29) is 17.9 Å². The molecule has 0 spiro atoms. The first-order valence-corrected chi connectivity index (χ1v) is 9.24. The summed E-state index contributed by atoms with van der Waals surface area (Å²) in [5, 5.41) is 2.81. The number of nitrogens with one attached hydrogen (secondary N) is 1. The van der Waals surface area contributed by atoms with Crippen molar-refractivity contribution >= 4 is 17.5 Å². The minimum Gasteiger partial charge on any atom is -0.497 e. The maximum atomic E-state index is 13.3. The number of aromatic nitrogens is 1. The molecule has 9 heteroatoms. The second-order valence-corrected chi connectivity index (χ2v) is 6.89. The van der Waals surface area contributed by atoms with Crippen molar-refractivity contribution < 1.29 is 22.7 Å². The summed E-state index contributed by atoms with van der Waals surface area (Å²) < 4.78 is 45.1. The third kappa shape index (κ3) is 4.90. The number of carbonyl (C=O) groups is 1. The molecule has 0 saturated carbocycles. The second kappa shape index (κ2) is 8.59. The van der Waals surface area contributed by atoms with Crippen LogP contribution in [0.15, 0.2) is 42.6 Å². The molecule has 1 aliphatic heterocycles. The first-order chi connectivity index (χ1) is 13.8. The van der Waals surface area contributed by atoms with Crippen LogP contribution in [-0.4, -0.2) is 49.2 Å². The van der Waals surface area contributed by atoms with Crippen molar-refractivity contribution in [2.75, 3.05) is 37.5 Å². The number of benzene rings is 1. The number of hydrogen-bond acceptors (Lipinski definition) is 4. The Morgan fingerprint density at radius 3 is 2.83 bits per heavy atom. The normalized spacial score (nSPS) is 17.0. The number of alkyl halides is 3. The molecule has 1 fully saturated rings. The Morgan fingerprint density at radius 1 is 1.31 bits per heavy atom. The molecule has 0 radical (unpaired) electrons. The van der Waals surface area contributed by atoms with E-state index in [2.05, 4.69) is 10.3 Å². The quantitative estimate of drug-likeness (QED) is 0.822. The Labute approximate surface area is 167 Å². The number of likely N-dealkylation sites (N-methyl/N-ethyl adjacent to an activating group) is 1. The number of likely N-dealkylation sites (tertiary alicyclic amines) is 1. The molecular formula is C20H23F3N4O2. The number of pyridine rings is 1. The van der Waals surface area contributed by atoms with Gasteiger partial charge in [-0.1, -0.05) is 6.07 Å². The number of urea groups is 1. The van der Waals surface area contributed by atoms with E-state index >= 15 is 0 Å². The highest BCUT2D eigenvalue weighted by Gasteiger charge is 2.37. The van der Waals surface area contributed by atoms with Crippen molar-refractivity contribution in [1.82, 2.24) is 9.88 Å². The fraction of sp³-hybridized carbons (Fsp3) is 0.400. The van der Waals surface area contributed by atoms with Crippen molar-refractivity contribution in [1.29, 1.82) is 0 Å². The van der Waals surface area contributed by atoms with Crippen LogP contribution in [0.4, 0.5) is 29.5 Å².